The molecule has 0 bridgehead atoms. The van der Waals surface area contributed by atoms with Crippen molar-refractivity contribution < 1.29 is 12.8 Å². The van der Waals surface area contributed by atoms with Gasteiger partial charge < -0.3 is 5.32 Å². The lowest BCUT2D eigenvalue weighted by Crippen LogP contribution is -2.22. The van der Waals surface area contributed by atoms with E-state index in [2.05, 4.69) is 5.32 Å². The van der Waals surface area contributed by atoms with E-state index in [4.69, 9.17) is 0 Å². The van der Waals surface area contributed by atoms with E-state index in [-0.39, 0.29) is 10.7 Å². The van der Waals surface area contributed by atoms with Crippen molar-refractivity contribution in [3.8, 4) is 0 Å². The van der Waals surface area contributed by atoms with Crippen LogP contribution in [0.25, 0.3) is 0 Å². The van der Waals surface area contributed by atoms with Crippen LogP contribution in [0.1, 0.15) is 11.1 Å². The Kier molecular flexibility index (Phi) is 4.83. The molecule has 0 saturated carbocycles. The Morgan fingerprint density at radius 3 is 2.50 bits per heavy atom. The van der Waals surface area contributed by atoms with Gasteiger partial charge in [-0.15, -0.1) is 0 Å². The van der Waals surface area contributed by atoms with Crippen LogP contribution in [-0.4, -0.2) is 26.8 Å². The maximum Gasteiger partial charge on any atom is 0.242 e. The number of rotatable bonds is 5. The van der Waals surface area contributed by atoms with E-state index in [9.17, 15) is 12.8 Å². The molecule has 2 aromatic carbocycles. The highest BCUT2D eigenvalue weighted by molar-refractivity contribution is 7.89. The van der Waals surface area contributed by atoms with Crippen LogP contribution >= 0.6 is 0 Å². The summed E-state index contributed by atoms with van der Waals surface area (Å²) in [7, 11) is -0.482. The van der Waals surface area contributed by atoms with Gasteiger partial charge in [0.15, 0.2) is 0 Å². The van der Waals surface area contributed by atoms with Crippen LogP contribution in [0, 0.1) is 12.7 Å². The minimum atomic E-state index is -3.47. The van der Waals surface area contributed by atoms with Crippen LogP contribution in [0.5, 0.6) is 0 Å². The molecule has 0 spiro atoms. The van der Waals surface area contributed by atoms with Gasteiger partial charge in [-0.1, -0.05) is 18.2 Å². The fourth-order valence-corrected chi connectivity index (χ4v) is 2.94. The quantitative estimate of drug-likeness (QED) is 0.920. The lowest BCUT2D eigenvalue weighted by atomic mass is 10.1. The molecule has 0 unspecified atom stereocenters. The van der Waals surface area contributed by atoms with Crippen LogP contribution < -0.4 is 5.32 Å². The Labute approximate surface area is 130 Å². The Morgan fingerprint density at radius 2 is 1.86 bits per heavy atom. The van der Waals surface area contributed by atoms with Crippen molar-refractivity contribution in [2.45, 2.75) is 18.4 Å². The van der Waals surface area contributed by atoms with E-state index in [1.165, 1.54) is 30.5 Å². The first kappa shape index (κ1) is 16.5. The number of benzene rings is 2. The SMILES string of the molecule is Cc1ccc(S(=O)(=O)N(C)C)cc1NCc1cccc(F)c1. The van der Waals surface area contributed by atoms with E-state index in [1.54, 1.807) is 24.3 Å². The van der Waals surface area contributed by atoms with Crippen LogP contribution in [-0.2, 0) is 16.6 Å². The molecule has 0 heterocycles. The smallest absolute Gasteiger partial charge is 0.242 e. The van der Waals surface area contributed by atoms with Crippen molar-refractivity contribution in [1.29, 1.82) is 0 Å². The van der Waals surface area contributed by atoms with Crippen LogP contribution in [0.2, 0.25) is 0 Å². The van der Waals surface area contributed by atoms with Gasteiger partial charge in [-0.2, -0.15) is 0 Å². The zero-order valence-corrected chi connectivity index (χ0v) is 13.6. The number of anilines is 1. The van der Waals surface area contributed by atoms with Crippen LogP contribution in [0.15, 0.2) is 47.4 Å². The van der Waals surface area contributed by atoms with Gasteiger partial charge in [0.25, 0.3) is 0 Å². The predicted octanol–water partition coefficient (Wildman–Crippen LogP) is 3.00. The Balaban J connectivity index is 2.24. The average molecular weight is 322 g/mol. The van der Waals surface area contributed by atoms with Gasteiger partial charge in [0.2, 0.25) is 10.0 Å². The lowest BCUT2D eigenvalue weighted by Gasteiger charge is -2.15. The van der Waals surface area contributed by atoms with Gasteiger partial charge in [0.05, 0.1) is 4.90 Å². The van der Waals surface area contributed by atoms with E-state index in [1.807, 2.05) is 13.0 Å². The molecule has 2 aromatic rings. The van der Waals surface area contributed by atoms with Crippen molar-refractivity contribution in [2.24, 2.45) is 0 Å². The van der Waals surface area contributed by atoms with Gasteiger partial charge >= 0.3 is 0 Å². The molecule has 0 atom stereocenters. The first-order valence-electron chi connectivity index (χ1n) is 6.82. The number of nitrogens with zero attached hydrogens (tertiary/aromatic N) is 1. The van der Waals surface area contributed by atoms with Crippen molar-refractivity contribution >= 4 is 15.7 Å². The number of nitrogens with one attached hydrogen (secondary N) is 1. The van der Waals surface area contributed by atoms with Crippen molar-refractivity contribution in [1.82, 2.24) is 4.31 Å². The minimum absolute atomic E-state index is 0.227. The molecule has 1 N–H and O–H groups in total. The normalized spacial score (nSPS) is 11.7. The third-order valence-corrected chi connectivity index (χ3v) is 5.17. The van der Waals surface area contributed by atoms with Crippen molar-refractivity contribution in [3.05, 3.63) is 59.4 Å². The maximum atomic E-state index is 13.2. The highest BCUT2D eigenvalue weighted by Crippen LogP contribution is 2.22. The van der Waals surface area contributed by atoms with Gasteiger partial charge in [0.1, 0.15) is 5.82 Å². The summed E-state index contributed by atoms with van der Waals surface area (Å²) >= 11 is 0. The van der Waals surface area contributed by atoms with Crippen LogP contribution in [0.3, 0.4) is 0 Å². The molecular weight excluding hydrogens is 303 g/mol. The molecule has 0 fully saturated rings. The van der Waals surface area contributed by atoms with E-state index < -0.39 is 10.0 Å². The fourth-order valence-electron chi connectivity index (χ4n) is 2.01. The molecule has 4 nitrogen and oxygen atoms in total. The molecule has 0 aromatic heterocycles. The topological polar surface area (TPSA) is 49.4 Å². The lowest BCUT2D eigenvalue weighted by molar-refractivity contribution is 0.521. The molecule has 118 valence electrons. The zero-order valence-electron chi connectivity index (χ0n) is 12.8. The summed E-state index contributed by atoms with van der Waals surface area (Å²) in [5.74, 6) is -0.292. The van der Waals surface area contributed by atoms with Gasteiger partial charge in [0, 0.05) is 26.3 Å². The Hall–Kier alpha value is -1.92. The number of halogens is 1. The molecule has 0 aliphatic rings. The first-order valence-corrected chi connectivity index (χ1v) is 8.26. The van der Waals surface area contributed by atoms with E-state index in [0.29, 0.717) is 12.2 Å². The third-order valence-electron chi connectivity index (χ3n) is 3.36. The summed E-state index contributed by atoms with van der Waals surface area (Å²) in [6.07, 6.45) is 0. The number of aryl methyl sites for hydroxylation is 1. The largest absolute Gasteiger partial charge is 0.381 e. The molecule has 0 amide bonds. The molecule has 2 rings (SSSR count). The molecule has 0 aliphatic heterocycles. The number of hydrogen-bond donors (Lipinski definition) is 1. The molecule has 0 aliphatic carbocycles. The fraction of sp³-hybridized carbons (Fsp3) is 0.250. The molecule has 0 saturated heterocycles. The Bertz CT molecular complexity index is 773. The van der Waals surface area contributed by atoms with Crippen molar-refractivity contribution in [3.63, 3.8) is 0 Å². The van der Waals surface area contributed by atoms with Gasteiger partial charge in [-0.3, -0.25) is 0 Å². The maximum absolute atomic E-state index is 13.2. The predicted molar refractivity (Wildman–Crippen MR) is 85.8 cm³/mol. The summed E-state index contributed by atoms with van der Waals surface area (Å²) in [6, 6.07) is 11.2. The monoisotopic (exact) mass is 322 g/mol. The minimum Gasteiger partial charge on any atom is -0.381 e. The number of sulfonamides is 1. The van der Waals surface area contributed by atoms with Gasteiger partial charge in [-0.05, 0) is 42.3 Å². The Morgan fingerprint density at radius 1 is 1.14 bits per heavy atom. The molecule has 22 heavy (non-hydrogen) atoms. The zero-order chi connectivity index (χ0) is 16.3. The number of hydrogen-bond acceptors (Lipinski definition) is 3. The second kappa shape index (κ2) is 6.46. The second-order valence-corrected chi connectivity index (χ2v) is 7.40. The molecule has 0 radical (unpaired) electrons. The average Bonchev–Trinajstić information content (AvgIpc) is 2.46. The third kappa shape index (κ3) is 3.64. The van der Waals surface area contributed by atoms with Crippen molar-refractivity contribution in [2.75, 3.05) is 19.4 Å². The summed E-state index contributed by atoms with van der Waals surface area (Å²) in [4.78, 5) is 0.227. The van der Waals surface area contributed by atoms with E-state index in [0.717, 1.165) is 11.1 Å². The van der Waals surface area contributed by atoms with Gasteiger partial charge in [-0.25, -0.2) is 17.1 Å². The van der Waals surface area contributed by atoms with E-state index >= 15 is 0 Å². The summed E-state index contributed by atoms with van der Waals surface area (Å²) < 4.78 is 38.7. The molecule has 6 heteroatoms. The summed E-state index contributed by atoms with van der Waals surface area (Å²) in [6.45, 7) is 2.31. The molecular formula is C16H19FN2O2S. The highest BCUT2D eigenvalue weighted by atomic mass is 32.2. The highest BCUT2D eigenvalue weighted by Gasteiger charge is 2.18. The summed E-state index contributed by atoms with van der Waals surface area (Å²) in [5.41, 5.74) is 2.43. The summed E-state index contributed by atoms with van der Waals surface area (Å²) in [5, 5.41) is 3.16. The second-order valence-electron chi connectivity index (χ2n) is 5.25. The standard InChI is InChI=1S/C16H19FN2O2S/c1-12-7-8-15(22(20,21)19(2)3)10-16(12)18-11-13-5-4-6-14(17)9-13/h4-10,18H,11H2,1-3H3. The van der Waals surface area contributed by atoms with Crippen LogP contribution in [0.4, 0.5) is 10.1 Å². The first-order chi connectivity index (χ1) is 10.3.